The number of carbonyl (C=O) groups excluding carboxylic acids is 1. The van der Waals surface area contributed by atoms with Crippen LogP contribution in [0.1, 0.15) is 42.5 Å². The van der Waals surface area contributed by atoms with Crippen molar-refractivity contribution in [1.29, 1.82) is 0 Å². The third-order valence-corrected chi connectivity index (χ3v) is 4.36. The molecule has 1 unspecified atom stereocenters. The molecule has 0 spiro atoms. The molecular weight excluding hydrogens is 288 g/mol. The predicted molar refractivity (Wildman–Crippen MR) is 89.8 cm³/mol. The van der Waals surface area contributed by atoms with E-state index >= 15 is 0 Å². The maximum Gasteiger partial charge on any atom is 0.249 e. The summed E-state index contributed by atoms with van der Waals surface area (Å²) < 4.78 is 0. The average molecular weight is 310 g/mol. The second-order valence-corrected chi connectivity index (χ2v) is 6.22. The highest BCUT2D eigenvalue weighted by Gasteiger charge is 2.26. The van der Waals surface area contributed by atoms with E-state index in [0.29, 0.717) is 6.54 Å². The van der Waals surface area contributed by atoms with Crippen LogP contribution in [-0.2, 0) is 4.79 Å². The van der Waals surface area contributed by atoms with Gasteiger partial charge >= 0.3 is 0 Å². The van der Waals surface area contributed by atoms with Crippen molar-refractivity contribution < 1.29 is 4.79 Å². The van der Waals surface area contributed by atoms with E-state index in [9.17, 15) is 4.79 Å². The lowest BCUT2D eigenvalue weighted by Crippen LogP contribution is -2.39. The molecule has 1 aromatic carbocycles. The fourth-order valence-corrected chi connectivity index (χ4v) is 3.03. The zero-order chi connectivity index (χ0) is 16.2. The summed E-state index contributed by atoms with van der Waals surface area (Å²) in [6.07, 6.45) is 5.77. The zero-order valence-corrected chi connectivity index (χ0v) is 13.6. The van der Waals surface area contributed by atoms with Crippen LogP contribution in [0.25, 0.3) is 6.08 Å². The largest absolute Gasteiger partial charge is 0.338 e. The van der Waals surface area contributed by atoms with Gasteiger partial charge in [-0.25, -0.2) is 0 Å². The maximum absolute atomic E-state index is 12.7. The van der Waals surface area contributed by atoms with Crippen LogP contribution in [-0.4, -0.2) is 39.3 Å². The lowest BCUT2D eigenvalue weighted by molar-refractivity contribution is -0.128. The maximum atomic E-state index is 12.7. The number of hydrogen-bond acceptors (Lipinski definition) is 3. The fourth-order valence-electron chi connectivity index (χ4n) is 3.03. The minimum Gasteiger partial charge on any atom is -0.338 e. The summed E-state index contributed by atoms with van der Waals surface area (Å²) in [7, 11) is 0. The number of aromatic amines is 1. The number of hydrogen-bond donors (Lipinski definition) is 1. The molecule has 5 heteroatoms. The van der Waals surface area contributed by atoms with Crippen molar-refractivity contribution in [3.63, 3.8) is 0 Å². The lowest BCUT2D eigenvalue weighted by Gasteiger charge is -2.32. The quantitative estimate of drug-likeness (QED) is 0.887. The van der Waals surface area contributed by atoms with Crippen LogP contribution >= 0.6 is 0 Å². The Balaban J connectivity index is 1.70. The molecule has 23 heavy (non-hydrogen) atoms. The van der Waals surface area contributed by atoms with Crippen molar-refractivity contribution in [2.45, 2.75) is 32.6 Å². The van der Waals surface area contributed by atoms with Gasteiger partial charge in [-0.15, -0.1) is 0 Å². The second kappa shape index (κ2) is 6.77. The number of rotatable bonds is 3. The topological polar surface area (TPSA) is 61.9 Å². The fraction of sp³-hybridized carbons (Fsp3) is 0.389. The standard InChI is InChI=1S/C18H22N4O/c1-13-5-7-15(8-6-13)10-14(2)18(23)22-9-3-4-16(12-22)17-11-19-21-20-17/h5-8,10-11,16H,3-4,9,12H2,1-2H3,(H,19,20,21)/b14-10+. The van der Waals surface area contributed by atoms with E-state index in [1.54, 1.807) is 6.20 Å². The van der Waals surface area contributed by atoms with Gasteiger partial charge in [0.25, 0.3) is 0 Å². The van der Waals surface area contributed by atoms with Crippen molar-refractivity contribution in [2.24, 2.45) is 0 Å². The zero-order valence-electron chi connectivity index (χ0n) is 13.6. The van der Waals surface area contributed by atoms with Crippen LogP contribution in [0, 0.1) is 6.92 Å². The monoisotopic (exact) mass is 310 g/mol. The van der Waals surface area contributed by atoms with Crippen molar-refractivity contribution in [2.75, 3.05) is 13.1 Å². The van der Waals surface area contributed by atoms with Crippen LogP contribution in [0.4, 0.5) is 0 Å². The summed E-state index contributed by atoms with van der Waals surface area (Å²) in [6.45, 7) is 5.47. The molecule has 1 aliphatic rings. The number of piperidine rings is 1. The van der Waals surface area contributed by atoms with Gasteiger partial charge in [-0.3, -0.25) is 4.79 Å². The third kappa shape index (κ3) is 3.67. The molecule has 0 radical (unpaired) electrons. The van der Waals surface area contributed by atoms with E-state index < -0.39 is 0 Å². The van der Waals surface area contributed by atoms with Gasteiger partial charge in [0.05, 0.1) is 11.9 Å². The van der Waals surface area contributed by atoms with E-state index in [4.69, 9.17) is 0 Å². The molecule has 1 atom stereocenters. The van der Waals surface area contributed by atoms with Gasteiger partial charge in [-0.1, -0.05) is 29.8 Å². The molecule has 1 aliphatic heterocycles. The first-order valence-electron chi connectivity index (χ1n) is 8.03. The second-order valence-electron chi connectivity index (χ2n) is 6.22. The van der Waals surface area contributed by atoms with Gasteiger partial charge in [0, 0.05) is 24.6 Å². The van der Waals surface area contributed by atoms with Crippen LogP contribution in [0.5, 0.6) is 0 Å². The summed E-state index contributed by atoms with van der Waals surface area (Å²) in [5.41, 5.74) is 4.00. The van der Waals surface area contributed by atoms with E-state index in [1.165, 1.54) is 5.56 Å². The molecule has 1 amide bonds. The van der Waals surface area contributed by atoms with Gasteiger partial charge in [0.1, 0.15) is 0 Å². The Kier molecular flexibility index (Phi) is 4.55. The molecular formula is C18H22N4O. The lowest BCUT2D eigenvalue weighted by atomic mass is 9.94. The number of nitrogens with one attached hydrogen (secondary N) is 1. The molecule has 1 fully saturated rings. The van der Waals surface area contributed by atoms with Gasteiger partial charge in [0.2, 0.25) is 5.91 Å². The van der Waals surface area contributed by atoms with Gasteiger partial charge < -0.3 is 4.90 Å². The highest BCUT2D eigenvalue weighted by Crippen LogP contribution is 2.26. The van der Waals surface area contributed by atoms with Crippen molar-refractivity contribution >= 4 is 12.0 Å². The van der Waals surface area contributed by atoms with E-state index in [1.807, 2.05) is 30.0 Å². The minimum atomic E-state index is 0.110. The molecule has 0 saturated carbocycles. The van der Waals surface area contributed by atoms with Gasteiger partial charge in [-0.2, -0.15) is 15.4 Å². The molecule has 2 aromatic rings. The first kappa shape index (κ1) is 15.5. The number of likely N-dealkylation sites (tertiary alicyclic amines) is 1. The summed E-state index contributed by atoms with van der Waals surface area (Å²) in [5.74, 6) is 0.386. The molecule has 0 bridgehead atoms. The summed E-state index contributed by atoms with van der Waals surface area (Å²) >= 11 is 0. The molecule has 1 N–H and O–H groups in total. The minimum absolute atomic E-state index is 0.110. The Labute approximate surface area is 136 Å². The molecule has 3 rings (SSSR count). The Morgan fingerprint density at radius 2 is 2.13 bits per heavy atom. The van der Waals surface area contributed by atoms with Crippen LogP contribution in [0.3, 0.4) is 0 Å². The smallest absolute Gasteiger partial charge is 0.249 e. The van der Waals surface area contributed by atoms with Crippen molar-refractivity contribution in [1.82, 2.24) is 20.3 Å². The Hall–Kier alpha value is -2.43. The van der Waals surface area contributed by atoms with Crippen LogP contribution in [0.15, 0.2) is 36.0 Å². The SMILES string of the molecule is C/C(=C\c1ccc(C)cc1)C(=O)N1CCCC(c2cn[nH]n2)C1. The molecule has 1 saturated heterocycles. The predicted octanol–water partition coefficient (Wildman–Crippen LogP) is 2.92. The summed E-state index contributed by atoms with van der Waals surface area (Å²) in [6, 6.07) is 8.21. The number of H-pyrrole nitrogens is 1. The average Bonchev–Trinajstić information content (AvgIpc) is 3.11. The Morgan fingerprint density at radius 1 is 1.35 bits per heavy atom. The Bertz CT molecular complexity index is 688. The van der Waals surface area contributed by atoms with E-state index in [-0.39, 0.29) is 11.8 Å². The van der Waals surface area contributed by atoms with Crippen molar-refractivity contribution in [3.8, 4) is 0 Å². The van der Waals surface area contributed by atoms with Gasteiger partial charge in [-0.05, 0) is 38.3 Å². The molecule has 1 aromatic heterocycles. The normalized spacial score (nSPS) is 19.0. The number of aromatic nitrogens is 3. The highest BCUT2D eigenvalue weighted by molar-refractivity contribution is 5.97. The summed E-state index contributed by atoms with van der Waals surface area (Å²) in [5, 5.41) is 10.7. The third-order valence-electron chi connectivity index (χ3n) is 4.36. The number of benzene rings is 1. The first-order valence-corrected chi connectivity index (χ1v) is 8.03. The Morgan fingerprint density at radius 3 is 2.83 bits per heavy atom. The number of carbonyl (C=O) groups is 1. The van der Waals surface area contributed by atoms with E-state index in [0.717, 1.165) is 36.2 Å². The summed E-state index contributed by atoms with van der Waals surface area (Å²) in [4.78, 5) is 14.6. The van der Waals surface area contributed by atoms with Crippen LogP contribution < -0.4 is 0 Å². The van der Waals surface area contributed by atoms with E-state index in [2.05, 4.69) is 34.5 Å². The number of amides is 1. The number of aryl methyl sites for hydroxylation is 1. The first-order chi connectivity index (χ1) is 11.1. The van der Waals surface area contributed by atoms with Crippen LogP contribution in [0.2, 0.25) is 0 Å². The molecule has 5 nitrogen and oxygen atoms in total. The number of nitrogens with zero attached hydrogens (tertiary/aromatic N) is 3. The molecule has 120 valence electrons. The van der Waals surface area contributed by atoms with Crippen molar-refractivity contribution in [3.05, 3.63) is 52.9 Å². The molecule has 2 heterocycles. The van der Waals surface area contributed by atoms with Gasteiger partial charge in [0.15, 0.2) is 0 Å². The molecule has 0 aliphatic carbocycles. The highest BCUT2D eigenvalue weighted by atomic mass is 16.2.